The average molecular weight is 313 g/mol. The molecule has 96 valence electrons. The maximum atomic E-state index is 11.0. The lowest BCUT2D eigenvalue weighted by Gasteiger charge is -2.05. The molecule has 2 aromatic rings. The second kappa shape index (κ2) is 4.93. The van der Waals surface area contributed by atoms with Crippen molar-refractivity contribution >= 4 is 21.9 Å². The van der Waals surface area contributed by atoms with Gasteiger partial charge in [0.1, 0.15) is 5.69 Å². The molecule has 0 bridgehead atoms. The van der Waals surface area contributed by atoms with Crippen LogP contribution in [0.3, 0.4) is 0 Å². The van der Waals surface area contributed by atoms with E-state index >= 15 is 0 Å². The lowest BCUT2D eigenvalue weighted by molar-refractivity contribution is 0.0684. The van der Waals surface area contributed by atoms with Crippen LogP contribution in [-0.2, 0) is 20.0 Å². The van der Waals surface area contributed by atoms with Gasteiger partial charge in [-0.25, -0.2) is 4.79 Å². The van der Waals surface area contributed by atoms with E-state index in [0.717, 1.165) is 22.3 Å². The standard InChI is InChI=1S/C11H13BrN4O2/c1-3-7-10(12)9(15(2)14-7)6-16-8(11(17)18)4-5-13-16/h4-5H,3,6H2,1-2H3,(H,17,18). The lowest BCUT2D eigenvalue weighted by Crippen LogP contribution is -2.13. The summed E-state index contributed by atoms with van der Waals surface area (Å²) in [6, 6.07) is 1.48. The van der Waals surface area contributed by atoms with Crippen molar-refractivity contribution in [2.75, 3.05) is 0 Å². The minimum Gasteiger partial charge on any atom is -0.477 e. The summed E-state index contributed by atoms with van der Waals surface area (Å²) in [6.45, 7) is 2.40. The van der Waals surface area contributed by atoms with Crippen molar-refractivity contribution in [2.45, 2.75) is 19.9 Å². The molecule has 0 aliphatic rings. The normalized spacial score (nSPS) is 10.8. The predicted octanol–water partition coefficient (Wildman–Crippen LogP) is 1.69. The maximum absolute atomic E-state index is 11.0. The Hall–Kier alpha value is -1.63. The molecule has 0 fully saturated rings. The topological polar surface area (TPSA) is 72.9 Å². The van der Waals surface area contributed by atoms with Crippen molar-refractivity contribution < 1.29 is 9.90 Å². The number of rotatable bonds is 4. The summed E-state index contributed by atoms with van der Waals surface area (Å²) in [5, 5.41) is 17.4. The molecule has 0 amide bonds. The molecule has 7 heteroatoms. The van der Waals surface area contributed by atoms with E-state index in [9.17, 15) is 4.79 Å². The third-order valence-electron chi connectivity index (χ3n) is 2.74. The first-order valence-electron chi connectivity index (χ1n) is 5.50. The molecule has 0 spiro atoms. The molecule has 0 unspecified atom stereocenters. The highest BCUT2D eigenvalue weighted by Gasteiger charge is 2.16. The van der Waals surface area contributed by atoms with E-state index in [0.29, 0.717) is 6.54 Å². The first kappa shape index (κ1) is 12.8. The monoisotopic (exact) mass is 312 g/mol. The molecule has 6 nitrogen and oxygen atoms in total. The van der Waals surface area contributed by atoms with Crippen LogP contribution in [0, 0.1) is 0 Å². The van der Waals surface area contributed by atoms with E-state index in [1.165, 1.54) is 16.9 Å². The summed E-state index contributed by atoms with van der Waals surface area (Å²) in [5.74, 6) is -0.985. The highest BCUT2D eigenvalue weighted by Crippen LogP contribution is 2.22. The van der Waals surface area contributed by atoms with Crippen LogP contribution < -0.4 is 0 Å². The number of hydrogen-bond acceptors (Lipinski definition) is 3. The van der Waals surface area contributed by atoms with Crippen LogP contribution in [0.5, 0.6) is 0 Å². The Balaban J connectivity index is 2.37. The van der Waals surface area contributed by atoms with Gasteiger partial charge in [0, 0.05) is 13.2 Å². The highest BCUT2D eigenvalue weighted by molar-refractivity contribution is 9.10. The van der Waals surface area contributed by atoms with Crippen molar-refractivity contribution in [3.8, 4) is 0 Å². The minimum atomic E-state index is -0.985. The predicted molar refractivity (Wildman–Crippen MR) is 68.6 cm³/mol. The van der Waals surface area contributed by atoms with Gasteiger partial charge in [0.25, 0.3) is 0 Å². The maximum Gasteiger partial charge on any atom is 0.354 e. The lowest BCUT2D eigenvalue weighted by atomic mass is 10.3. The molecule has 2 aromatic heterocycles. The molecule has 0 radical (unpaired) electrons. The number of aryl methyl sites for hydroxylation is 2. The molecule has 0 saturated heterocycles. The van der Waals surface area contributed by atoms with E-state index in [1.54, 1.807) is 4.68 Å². The van der Waals surface area contributed by atoms with Crippen molar-refractivity contribution in [1.29, 1.82) is 0 Å². The van der Waals surface area contributed by atoms with Gasteiger partial charge < -0.3 is 5.11 Å². The number of carboxylic acid groups (broad SMARTS) is 1. The van der Waals surface area contributed by atoms with Crippen LogP contribution in [0.4, 0.5) is 0 Å². The molecule has 0 aromatic carbocycles. The number of nitrogens with zero attached hydrogens (tertiary/aromatic N) is 4. The van der Waals surface area contributed by atoms with Crippen LogP contribution in [0.15, 0.2) is 16.7 Å². The van der Waals surface area contributed by atoms with Gasteiger partial charge in [0.15, 0.2) is 0 Å². The number of aromatic carboxylic acids is 1. The zero-order valence-corrected chi connectivity index (χ0v) is 11.7. The fourth-order valence-electron chi connectivity index (χ4n) is 1.77. The molecule has 2 rings (SSSR count). The molecular weight excluding hydrogens is 300 g/mol. The van der Waals surface area contributed by atoms with Crippen molar-refractivity contribution in [3.63, 3.8) is 0 Å². The van der Waals surface area contributed by atoms with Crippen LogP contribution in [0.25, 0.3) is 0 Å². The number of aromatic nitrogens is 4. The summed E-state index contributed by atoms with van der Waals surface area (Å²) < 4.78 is 4.11. The van der Waals surface area contributed by atoms with Gasteiger partial charge in [-0.15, -0.1) is 0 Å². The molecule has 0 atom stereocenters. The van der Waals surface area contributed by atoms with Crippen molar-refractivity contribution in [1.82, 2.24) is 19.6 Å². The largest absolute Gasteiger partial charge is 0.477 e. The summed E-state index contributed by atoms with van der Waals surface area (Å²) in [7, 11) is 1.84. The van der Waals surface area contributed by atoms with Crippen molar-refractivity contribution in [2.24, 2.45) is 7.05 Å². The van der Waals surface area contributed by atoms with Crippen LogP contribution in [0.1, 0.15) is 28.8 Å². The third kappa shape index (κ3) is 2.17. The summed E-state index contributed by atoms with van der Waals surface area (Å²) in [5.41, 5.74) is 2.02. The molecule has 18 heavy (non-hydrogen) atoms. The first-order chi connectivity index (χ1) is 8.54. The quantitative estimate of drug-likeness (QED) is 0.932. The van der Waals surface area contributed by atoms with Gasteiger partial charge in [-0.3, -0.25) is 9.36 Å². The smallest absolute Gasteiger partial charge is 0.354 e. The average Bonchev–Trinajstić information content (AvgIpc) is 2.88. The highest BCUT2D eigenvalue weighted by atomic mass is 79.9. The fourth-order valence-corrected chi connectivity index (χ4v) is 2.52. The zero-order valence-electron chi connectivity index (χ0n) is 10.1. The van der Waals surface area contributed by atoms with Gasteiger partial charge in [-0.1, -0.05) is 6.92 Å². The number of hydrogen-bond donors (Lipinski definition) is 1. The number of halogens is 1. The van der Waals surface area contributed by atoms with E-state index < -0.39 is 5.97 Å². The minimum absolute atomic E-state index is 0.168. The Morgan fingerprint density at radius 3 is 2.83 bits per heavy atom. The van der Waals surface area contributed by atoms with E-state index in [4.69, 9.17) is 5.11 Å². The molecule has 0 saturated carbocycles. The Morgan fingerprint density at radius 1 is 1.56 bits per heavy atom. The molecule has 2 heterocycles. The van der Waals surface area contributed by atoms with E-state index in [-0.39, 0.29) is 5.69 Å². The van der Waals surface area contributed by atoms with Gasteiger partial charge in [0.05, 0.1) is 22.4 Å². The molecule has 1 N–H and O–H groups in total. The van der Waals surface area contributed by atoms with Crippen LogP contribution >= 0.6 is 15.9 Å². The molecule has 0 aliphatic heterocycles. The fraction of sp³-hybridized carbons (Fsp3) is 0.364. The summed E-state index contributed by atoms with van der Waals surface area (Å²) in [6.07, 6.45) is 2.30. The van der Waals surface area contributed by atoms with Gasteiger partial charge in [-0.05, 0) is 28.4 Å². The zero-order chi connectivity index (χ0) is 13.3. The van der Waals surface area contributed by atoms with Crippen molar-refractivity contribution in [3.05, 3.63) is 33.8 Å². The molecular formula is C11H13BrN4O2. The Kier molecular flexibility index (Phi) is 3.51. The van der Waals surface area contributed by atoms with Gasteiger partial charge in [-0.2, -0.15) is 10.2 Å². The third-order valence-corrected chi connectivity index (χ3v) is 3.65. The van der Waals surface area contributed by atoms with Crippen LogP contribution in [0.2, 0.25) is 0 Å². The number of carbonyl (C=O) groups is 1. The van der Waals surface area contributed by atoms with Crippen LogP contribution in [-0.4, -0.2) is 30.6 Å². The Labute approximate surface area is 112 Å². The summed E-state index contributed by atoms with van der Waals surface area (Å²) >= 11 is 3.50. The van der Waals surface area contributed by atoms with E-state index in [1.807, 2.05) is 14.0 Å². The number of carboxylic acids is 1. The Morgan fingerprint density at radius 2 is 2.28 bits per heavy atom. The second-order valence-corrected chi connectivity index (χ2v) is 4.66. The Bertz CT molecular complexity index is 588. The SMILES string of the molecule is CCc1nn(C)c(Cn2nccc2C(=O)O)c1Br. The van der Waals surface area contributed by atoms with Gasteiger partial charge in [0.2, 0.25) is 0 Å². The van der Waals surface area contributed by atoms with E-state index in [2.05, 4.69) is 26.1 Å². The second-order valence-electron chi connectivity index (χ2n) is 3.86. The first-order valence-corrected chi connectivity index (χ1v) is 6.29. The molecule has 0 aliphatic carbocycles. The van der Waals surface area contributed by atoms with Gasteiger partial charge >= 0.3 is 5.97 Å². The summed E-state index contributed by atoms with van der Waals surface area (Å²) in [4.78, 5) is 11.0.